The number of carbonyl (C=O) groups excluding carboxylic acids is 1. The minimum atomic E-state index is -0.901. The third-order valence-corrected chi connectivity index (χ3v) is 3.93. The number of nitrogens with zero attached hydrogens (tertiary/aromatic N) is 1. The second-order valence-electron chi connectivity index (χ2n) is 4.67. The zero-order valence-corrected chi connectivity index (χ0v) is 12.9. The molecule has 0 aliphatic rings. The van der Waals surface area contributed by atoms with Crippen molar-refractivity contribution >= 4 is 27.8 Å². The van der Waals surface area contributed by atoms with E-state index in [0.717, 1.165) is 10.0 Å². The summed E-state index contributed by atoms with van der Waals surface area (Å²) in [6.45, 7) is 5.89. The van der Waals surface area contributed by atoms with Gasteiger partial charge in [-0.1, -0.05) is 12.1 Å². The largest absolute Gasteiger partial charge is 0.481 e. The summed E-state index contributed by atoms with van der Waals surface area (Å²) >= 11 is 3.41. The van der Waals surface area contributed by atoms with E-state index in [1.165, 1.54) is 0 Å². The molecule has 0 aliphatic carbocycles. The second-order valence-corrected chi connectivity index (χ2v) is 5.47. The quantitative estimate of drug-likeness (QED) is 0.904. The summed E-state index contributed by atoms with van der Waals surface area (Å²) in [6, 6.07) is 5.44. The Labute approximate surface area is 121 Å². The van der Waals surface area contributed by atoms with Crippen LogP contribution in [0.3, 0.4) is 0 Å². The van der Waals surface area contributed by atoms with Crippen molar-refractivity contribution in [2.24, 2.45) is 0 Å². The Morgan fingerprint density at radius 2 is 2.00 bits per heavy atom. The maximum absolute atomic E-state index is 12.5. The lowest BCUT2D eigenvalue weighted by atomic mass is 10.1. The fourth-order valence-electron chi connectivity index (χ4n) is 1.78. The summed E-state index contributed by atoms with van der Waals surface area (Å²) < 4.78 is 0.765. The molecule has 0 aliphatic heterocycles. The van der Waals surface area contributed by atoms with E-state index in [-0.39, 0.29) is 24.9 Å². The van der Waals surface area contributed by atoms with Crippen LogP contribution in [-0.4, -0.2) is 34.5 Å². The van der Waals surface area contributed by atoms with Crippen LogP contribution in [0.15, 0.2) is 22.7 Å². The molecule has 1 rings (SSSR count). The normalized spacial score (nSPS) is 10.6. The van der Waals surface area contributed by atoms with E-state index >= 15 is 0 Å². The van der Waals surface area contributed by atoms with Crippen molar-refractivity contribution in [3.05, 3.63) is 33.8 Å². The molecule has 5 heteroatoms. The van der Waals surface area contributed by atoms with Crippen molar-refractivity contribution in [3.8, 4) is 0 Å². The van der Waals surface area contributed by atoms with Crippen LogP contribution in [0.2, 0.25) is 0 Å². The SMILES string of the molecule is Cc1cccc(C(=O)N(CCC(=O)O)C(C)C)c1Br. The highest BCUT2D eigenvalue weighted by Gasteiger charge is 2.21. The molecule has 0 bridgehead atoms. The van der Waals surface area contributed by atoms with Crippen molar-refractivity contribution in [2.75, 3.05) is 6.54 Å². The summed E-state index contributed by atoms with van der Waals surface area (Å²) in [7, 11) is 0. The number of aryl methyl sites for hydroxylation is 1. The molecule has 0 atom stereocenters. The standard InChI is InChI=1S/C14H18BrNO3/c1-9(2)16(8-7-12(17)18)14(19)11-6-4-5-10(3)13(11)15/h4-6,9H,7-8H2,1-3H3,(H,17,18). The van der Waals surface area contributed by atoms with E-state index in [2.05, 4.69) is 15.9 Å². The van der Waals surface area contributed by atoms with E-state index in [9.17, 15) is 9.59 Å². The maximum atomic E-state index is 12.5. The predicted octanol–water partition coefficient (Wildman–Crippen LogP) is 3.08. The number of amides is 1. The first-order valence-electron chi connectivity index (χ1n) is 6.12. The second kappa shape index (κ2) is 6.70. The molecule has 0 saturated heterocycles. The van der Waals surface area contributed by atoms with Gasteiger partial charge in [-0.25, -0.2) is 0 Å². The summed E-state index contributed by atoms with van der Waals surface area (Å²) in [5.74, 6) is -1.05. The highest BCUT2D eigenvalue weighted by atomic mass is 79.9. The molecule has 0 unspecified atom stereocenters. The number of hydrogen-bond acceptors (Lipinski definition) is 2. The van der Waals surface area contributed by atoms with Crippen molar-refractivity contribution in [3.63, 3.8) is 0 Å². The lowest BCUT2D eigenvalue weighted by Gasteiger charge is -2.27. The Morgan fingerprint density at radius 3 is 2.53 bits per heavy atom. The van der Waals surface area contributed by atoms with E-state index in [1.54, 1.807) is 11.0 Å². The highest BCUT2D eigenvalue weighted by molar-refractivity contribution is 9.10. The zero-order chi connectivity index (χ0) is 14.6. The van der Waals surface area contributed by atoms with Crippen molar-refractivity contribution < 1.29 is 14.7 Å². The maximum Gasteiger partial charge on any atom is 0.305 e. The van der Waals surface area contributed by atoms with Crippen LogP contribution >= 0.6 is 15.9 Å². The molecular formula is C14H18BrNO3. The van der Waals surface area contributed by atoms with Crippen LogP contribution in [0, 0.1) is 6.92 Å². The smallest absolute Gasteiger partial charge is 0.305 e. The minimum Gasteiger partial charge on any atom is -0.481 e. The monoisotopic (exact) mass is 327 g/mol. The summed E-state index contributed by atoms with van der Waals surface area (Å²) in [5.41, 5.74) is 1.55. The third-order valence-electron chi connectivity index (χ3n) is 2.87. The molecule has 1 aromatic carbocycles. The average molecular weight is 328 g/mol. The topological polar surface area (TPSA) is 57.6 Å². The molecule has 1 N–H and O–H groups in total. The van der Waals surface area contributed by atoms with Crippen LogP contribution in [0.25, 0.3) is 0 Å². The van der Waals surface area contributed by atoms with Gasteiger partial charge in [-0.2, -0.15) is 0 Å². The first-order chi connectivity index (χ1) is 8.84. The summed E-state index contributed by atoms with van der Waals surface area (Å²) in [5, 5.41) is 8.75. The number of halogens is 1. The summed E-state index contributed by atoms with van der Waals surface area (Å²) in [4.78, 5) is 24.7. The van der Waals surface area contributed by atoms with E-state index in [0.29, 0.717) is 5.56 Å². The Balaban J connectivity index is 2.99. The number of hydrogen-bond donors (Lipinski definition) is 1. The molecule has 1 aromatic rings. The summed E-state index contributed by atoms with van der Waals surface area (Å²) in [6.07, 6.45) is -0.0483. The molecule has 104 valence electrons. The zero-order valence-electron chi connectivity index (χ0n) is 11.3. The number of benzene rings is 1. The fourth-order valence-corrected chi connectivity index (χ4v) is 2.21. The Morgan fingerprint density at radius 1 is 1.37 bits per heavy atom. The molecule has 19 heavy (non-hydrogen) atoms. The molecule has 0 aromatic heterocycles. The van der Waals surface area contributed by atoms with Crippen molar-refractivity contribution in [1.29, 1.82) is 0 Å². The van der Waals surface area contributed by atoms with Gasteiger partial charge in [0.2, 0.25) is 0 Å². The van der Waals surface area contributed by atoms with Crippen LogP contribution in [0.5, 0.6) is 0 Å². The number of aliphatic carboxylic acids is 1. The van der Waals surface area contributed by atoms with Gasteiger partial charge in [-0.05, 0) is 48.3 Å². The van der Waals surface area contributed by atoms with E-state index in [4.69, 9.17) is 5.11 Å². The minimum absolute atomic E-state index is 0.0423. The van der Waals surface area contributed by atoms with Gasteiger partial charge in [-0.15, -0.1) is 0 Å². The van der Waals surface area contributed by atoms with E-state index < -0.39 is 5.97 Å². The van der Waals surface area contributed by atoms with Gasteiger partial charge in [0.1, 0.15) is 0 Å². The highest BCUT2D eigenvalue weighted by Crippen LogP contribution is 2.23. The first kappa shape index (κ1) is 15.7. The molecule has 0 fully saturated rings. The van der Waals surface area contributed by atoms with Gasteiger partial charge in [0.25, 0.3) is 5.91 Å². The van der Waals surface area contributed by atoms with Gasteiger partial charge in [0.15, 0.2) is 0 Å². The molecule has 0 heterocycles. The molecule has 0 radical (unpaired) electrons. The molecule has 1 amide bonds. The van der Waals surface area contributed by atoms with Gasteiger partial charge in [-0.3, -0.25) is 9.59 Å². The van der Waals surface area contributed by atoms with Crippen LogP contribution in [0.1, 0.15) is 36.2 Å². The Kier molecular flexibility index (Phi) is 5.54. The van der Waals surface area contributed by atoms with Gasteiger partial charge in [0, 0.05) is 17.1 Å². The molecule has 0 spiro atoms. The average Bonchev–Trinajstić information content (AvgIpc) is 2.31. The van der Waals surface area contributed by atoms with Gasteiger partial charge >= 0.3 is 5.97 Å². The van der Waals surface area contributed by atoms with Gasteiger partial charge < -0.3 is 10.0 Å². The van der Waals surface area contributed by atoms with Crippen molar-refractivity contribution in [2.45, 2.75) is 33.2 Å². The van der Waals surface area contributed by atoms with Crippen LogP contribution < -0.4 is 0 Å². The Hall–Kier alpha value is -1.36. The Bertz CT molecular complexity index is 486. The number of rotatable bonds is 5. The third kappa shape index (κ3) is 4.06. The lowest BCUT2D eigenvalue weighted by molar-refractivity contribution is -0.137. The van der Waals surface area contributed by atoms with Crippen LogP contribution in [-0.2, 0) is 4.79 Å². The number of carbonyl (C=O) groups is 2. The predicted molar refractivity (Wildman–Crippen MR) is 77.3 cm³/mol. The van der Waals surface area contributed by atoms with Crippen molar-refractivity contribution in [1.82, 2.24) is 4.90 Å². The molecule has 0 saturated carbocycles. The first-order valence-corrected chi connectivity index (χ1v) is 6.91. The molecule has 4 nitrogen and oxygen atoms in total. The number of carboxylic acids is 1. The van der Waals surface area contributed by atoms with Gasteiger partial charge in [0.05, 0.1) is 12.0 Å². The fraction of sp³-hybridized carbons (Fsp3) is 0.429. The van der Waals surface area contributed by atoms with E-state index in [1.807, 2.05) is 32.9 Å². The molecular weight excluding hydrogens is 310 g/mol. The van der Waals surface area contributed by atoms with Crippen LogP contribution in [0.4, 0.5) is 0 Å². The number of carboxylic acid groups (broad SMARTS) is 1. The lowest BCUT2D eigenvalue weighted by Crippen LogP contribution is -2.38.